The second-order valence-corrected chi connectivity index (χ2v) is 9.12. The molecule has 2 aliphatic carbocycles. The van der Waals surface area contributed by atoms with Crippen molar-refractivity contribution in [3.05, 3.63) is 35.8 Å². The number of ether oxygens (including phenoxy) is 3. The summed E-state index contributed by atoms with van der Waals surface area (Å²) in [7, 11) is 3.31. The largest absolute Gasteiger partial charge is 0.489 e. The summed E-state index contributed by atoms with van der Waals surface area (Å²) in [4.78, 5) is 24.5. The minimum absolute atomic E-state index is 0.0156. The smallest absolute Gasteiger partial charge is 0.320 e. The zero-order valence-corrected chi connectivity index (χ0v) is 19.9. The third-order valence-electron chi connectivity index (χ3n) is 7.06. The second-order valence-electron chi connectivity index (χ2n) is 9.12. The summed E-state index contributed by atoms with van der Waals surface area (Å²) in [6, 6.07) is 5.58. The number of carboxylic acid groups (broad SMARTS) is 1. The molecule has 5 rings (SSSR count). The van der Waals surface area contributed by atoms with Crippen LogP contribution in [0.5, 0.6) is 17.6 Å². The molecule has 3 aromatic rings. The molecule has 0 radical (unpaired) electrons. The maximum atomic E-state index is 11.5. The lowest BCUT2D eigenvalue weighted by atomic mass is 9.92. The van der Waals surface area contributed by atoms with Crippen molar-refractivity contribution in [2.75, 3.05) is 7.11 Å². The standard InChI is InChI=1S/C24H28N6O5/c1-13-20(35-15-10-14-4-5-16(23(31)32)17(14)11-15)7-6-18(26-13)22-19(30(2)29-28-22)12-34-24-25-9-8-21(27-24)33-3/h6-9,14-17H,4-5,10-12H2,1-3H3,(H,31,32)/t14-,15+,16-,17+/m0/s1. The van der Waals surface area contributed by atoms with Crippen molar-refractivity contribution < 1.29 is 24.1 Å². The summed E-state index contributed by atoms with van der Waals surface area (Å²) >= 11 is 0. The van der Waals surface area contributed by atoms with Crippen LogP contribution in [0, 0.1) is 24.7 Å². The molecule has 184 valence electrons. The molecule has 0 saturated heterocycles. The van der Waals surface area contributed by atoms with Gasteiger partial charge in [-0.3, -0.25) is 4.79 Å². The van der Waals surface area contributed by atoms with Crippen LogP contribution in [0.2, 0.25) is 0 Å². The van der Waals surface area contributed by atoms with Crippen LogP contribution in [0.25, 0.3) is 11.4 Å². The molecule has 3 aromatic heterocycles. The normalized spacial score (nSPS) is 23.2. The summed E-state index contributed by atoms with van der Waals surface area (Å²) in [6.45, 7) is 2.05. The lowest BCUT2D eigenvalue weighted by Gasteiger charge is -2.18. The molecule has 0 aromatic carbocycles. The number of fused-ring (bicyclic) bond motifs is 1. The Labute approximate surface area is 202 Å². The summed E-state index contributed by atoms with van der Waals surface area (Å²) in [5.74, 6) is 0.842. The molecule has 35 heavy (non-hydrogen) atoms. The molecule has 11 nitrogen and oxygen atoms in total. The minimum Gasteiger partial charge on any atom is -0.489 e. The van der Waals surface area contributed by atoms with Crippen LogP contribution in [-0.2, 0) is 18.4 Å². The van der Waals surface area contributed by atoms with Crippen LogP contribution in [0.1, 0.15) is 37.1 Å². The second kappa shape index (κ2) is 9.47. The van der Waals surface area contributed by atoms with Crippen molar-refractivity contribution in [1.82, 2.24) is 29.9 Å². The van der Waals surface area contributed by atoms with E-state index >= 15 is 0 Å². The number of carbonyl (C=O) groups is 1. The van der Waals surface area contributed by atoms with E-state index in [2.05, 4.69) is 20.3 Å². The Balaban J connectivity index is 1.28. The zero-order valence-electron chi connectivity index (χ0n) is 19.9. The van der Waals surface area contributed by atoms with Gasteiger partial charge in [0.15, 0.2) is 0 Å². The number of pyridine rings is 1. The van der Waals surface area contributed by atoms with Crippen molar-refractivity contribution in [2.45, 2.75) is 45.3 Å². The number of methoxy groups -OCH3 is 1. The number of aromatic nitrogens is 6. The van der Waals surface area contributed by atoms with Crippen molar-refractivity contribution >= 4 is 5.97 Å². The first-order chi connectivity index (χ1) is 16.9. The molecular weight excluding hydrogens is 452 g/mol. The van der Waals surface area contributed by atoms with Gasteiger partial charge in [0, 0.05) is 19.3 Å². The Morgan fingerprint density at radius 2 is 2.06 bits per heavy atom. The number of aliphatic carboxylic acids is 1. The van der Waals surface area contributed by atoms with Crippen LogP contribution in [-0.4, -0.2) is 54.2 Å². The Morgan fingerprint density at radius 3 is 2.83 bits per heavy atom. The highest BCUT2D eigenvalue weighted by Crippen LogP contribution is 2.48. The zero-order chi connectivity index (χ0) is 24.5. The molecular formula is C24H28N6O5. The van der Waals surface area contributed by atoms with Gasteiger partial charge in [-0.15, -0.1) is 5.10 Å². The average molecular weight is 481 g/mol. The fraction of sp³-hybridized carbons (Fsp3) is 0.500. The average Bonchev–Trinajstić information content (AvgIpc) is 3.53. The van der Waals surface area contributed by atoms with Gasteiger partial charge >= 0.3 is 12.0 Å². The number of aryl methyl sites for hydroxylation is 2. The maximum Gasteiger partial charge on any atom is 0.320 e. The number of nitrogens with zero attached hydrogens (tertiary/aromatic N) is 6. The molecule has 3 heterocycles. The SMILES string of the molecule is COc1ccnc(OCc2c(-c3ccc(O[C@@H]4C[C@@H]5CC[C@H](C(=O)O)[C@@H]5C4)c(C)n3)nnn2C)n1. The molecule has 4 atom stereocenters. The van der Waals surface area contributed by atoms with Gasteiger partial charge in [-0.1, -0.05) is 5.21 Å². The first-order valence-corrected chi connectivity index (χ1v) is 11.7. The van der Waals surface area contributed by atoms with Crippen LogP contribution in [0.4, 0.5) is 0 Å². The first-order valence-electron chi connectivity index (χ1n) is 11.7. The fourth-order valence-electron chi connectivity index (χ4n) is 5.30. The van der Waals surface area contributed by atoms with E-state index in [9.17, 15) is 9.90 Å². The number of rotatable bonds is 8. The molecule has 0 aliphatic heterocycles. The number of hydrogen-bond donors (Lipinski definition) is 1. The predicted molar refractivity (Wildman–Crippen MR) is 123 cm³/mol. The molecule has 0 spiro atoms. The van der Waals surface area contributed by atoms with Gasteiger partial charge in [-0.2, -0.15) is 4.98 Å². The molecule has 1 N–H and O–H groups in total. The van der Waals surface area contributed by atoms with E-state index in [4.69, 9.17) is 19.2 Å². The van der Waals surface area contributed by atoms with Crippen molar-refractivity contribution in [3.63, 3.8) is 0 Å². The van der Waals surface area contributed by atoms with Gasteiger partial charge in [-0.25, -0.2) is 14.6 Å². The third-order valence-corrected chi connectivity index (χ3v) is 7.06. The Kier molecular flexibility index (Phi) is 6.23. The summed E-state index contributed by atoms with van der Waals surface area (Å²) in [6.07, 6.45) is 5.00. The molecule has 2 saturated carbocycles. The minimum atomic E-state index is -0.679. The summed E-state index contributed by atoms with van der Waals surface area (Å²) in [5, 5.41) is 17.9. The van der Waals surface area contributed by atoms with Crippen LogP contribution >= 0.6 is 0 Å². The predicted octanol–water partition coefficient (Wildman–Crippen LogP) is 2.83. The highest BCUT2D eigenvalue weighted by Gasteiger charge is 2.47. The highest BCUT2D eigenvalue weighted by atomic mass is 16.5. The molecule has 11 heteroatoms. The van der Waals surface area contributed by atoms with Gasteiger partial charge in [0.25, 0.3) is 0 Å². The third kappa shape index (κ3) is 4.62. The van der Waals surface area contributed by atoms with Crippen LogP contribution in [0.3, 0.4) is 0 Å². The summed E-state index contributed by atoms with van der Waals surface area (Å²) in [5.41, 5.74) is 2.72. The molecule has 0 bridgehead atoms. The van der Waals surface area contributed by atoms with E-state index in [1.54, 1.807) is 24.0 Å². The maximum absolute atomic E-state index is 11.5. The van der Waals surface area contributed by atoms with E-state index in [0.29, 0.717) is 28.9 Å². The molecule has 2 aliphatic rings. The van der Waals surface area contributed by atoms with Crippen molar-refractivity contribution in [3.8, 4) is 29.0 Å². The van der Waals surface area contributed by atoms with Gasteiger partial charge in [0.2, 0.25) is 5.88 Å². The van der Waals surface area contributed by atoms with E-state index in [-0.39, 0.29) is 30.6 Å². The van der Waals surface area contributed by atoms with E-state index in [1.165, 1.54) is 7.11 Å². The Hall–Kier alpha value is -3.76. The fourth-order valence-corrected chi connectivity index (χ4v) is 5.30. The van der Waals surface area contributed by atoms with Gasteiger partial charge < -0.3 is 19.3 Å². The van der Waals surface area contributed by atoms with Gasteiger partial charge in [0.05, 0.1) is 30.5 Å². The molecule has 0 unspecified atom stereocenters. The Bertz CT molecular complexity index is 1230. The van der Waals surface area contributed by atoms with Crippen molar-refractivity contribution in [1.29, 1.82) is 0 Å². The van der Waals surface area contributed by atoms with Gasteiger partial charge in [-0.05, 0) is 56.6 Å². The van der Waals surface area contributed by atoms with Crippen molar-refractivity contribution in [2.24, 2.45) is 24.8 Å². The van der Waals surface area contributed by atoms with Gasteiger partial charge in [0.1, 0.15) is 23.7 Å². The van der Waals surface area contributed by atoms with E-state index in [1.807, 2.05) is 19.1 Å². The Morgan fingerprint density at radius 1 is 1.20 bits per heavy atom. The number of carboxylic acids is 1. The van der Waals surface area contributed by atoms with Crippen LogP contribution in [0.15, 0.2) is 24.4 Å². The van der Waals surface area contributed by atoms with E-state index in [0.717, 1.165) is 37.1 Å². The topological polar surface area (TPSA) is 134 Å². The summed E-state index contributed by atoms with van der Waals surface area (Å²) < 4.78 is 18.8. The number of hydrogen-bond acceptors (Lipinski definition) is 9. The monoisotopic (exact) mass is 480 g/mol. The van der Waals surface area contributed by atoms with E-state index < -0.39 is 5.97 Å². The lowest BCUT2D eigenvalue weighted by Crippen LogP contribution is -2.21. The van der Waals surface area contributed by atoms with Crippen LogP contribution < -0.4 is 14.2 Å². The quantitative estimate of drug-likeness (QED) is 0.513. The molecule has 0 amide bonds. The lowest BCUT2D eigenvalue weighted by molar-refractivity contribution is -0.143. The first kappa shape index (κ1) is 23.0. The highest BCUT2D eigenvalue weighted by molar-refractivity contribution is 5.71. The molecule has 2 fully saturated rings.